The number of likely N-dealkylation sites (N-methyl/N-ethyl adjacent to an activating group) is 1. The fourth-order valence-corrected chi connectivity index (χ4v) is 4.20. The monoisotopic (exact) mass is 385 g/mol. The van der Waals surface area contributed by atoms with Crippen LogP contribution in [0, 0.1) is 0 Å². The molecule has 28 heavy (non-hydrogen) atoms. The molecule has 0 bridgehead atoms. The van der Waals surface area contributed by atoms with Crippen molar-refractivity contribution < 1.29 is 24.1 Å². The Morgan fingerprint density at radius 2 is 1.96 bits per heavy atom. The molecule has 4 rings (SSSR count). The standard InChI is InChI=1S/C22H27NO5/c1-23-9-8-15-11-19-21(28-13-27-19)22(26-3)20(15)18(23)12-16(24)10-14-4-6-17(25-2)7-5-14/h4-7,11,16,18,24H,8-10,12-13H2,1-3H3/t16-,18-/m0/s1. The van der Waals surface area contributed by atoms with E-state index in [2.05, 4.69) is 18.0 Å². The lowest BCUT2D eigenvalue weighted by Gasteiger charge is -2.37. The third-order valence-corrected chi connectivity index (χ3v) is 5.67. The number of hydrogen-bond donors (Lipinski definition) is 1. The highest BCUT2D eigenvalue weighted by Crippen LogP contribution is 2.50. The Hall–Kier alpha value is -2.44. The average Bonchev–Trinajstić information content (AvgIpc) is 3.17. The van der Waals surface area contributed by atoms with Gasteiger partial charge in [-0.3, -0.25) is 4.90 Å². The quantitative estimate of drug-likeness (QED) is 0.825. The van der Waals surface area contributed by atoms with Gasteiger partial charge in [0.2, 0.25) is 12.5 Å². The van der Waals surface area contributed by atoms with Crippen molar-refractivity contribution in [3.05, 3.63) is 47.0 Å². The van der Waals surface area contributed by atoms with Gasteiger partial charge in [0.15, 0.2) is 11.5 Å². The van der Waals surface area contributed by atoms with Gasteiger partial charge in [-0.2, -0.15) is 0 Å². The predicted octanol–water partition coefficient (Wildman–Crippen LogP) is 2.96. The van der Waals surface area contributed by atoms with Crippen LogP contribution in [0.1, 0.15) is 29.2 Å². The maximum absolute atomic E-state index is 10.8. The van der Waals surface area contributed by atoms with Crippen molar-refractivity contribution in [3.63, 3.8) is 0 Å². The van der Waals surface area contributed by atoms with Crippen LogP contribution in [0.5, 0.6) is 23.0 Å². The molecule has 2 aromatic rings. The number of nitrogens with zero attached hydrogens (tertiary/aromatic N) is 1. The lowest BCUT2D eigenvalue weighted by atomic mass is 9.87. The first-order valence-electron chi connectivity index (χ1n) is 9.61. The summed E-state index contributed by atoms with van der Waals surface area (Å²) in [5.41, 5.74) is 3.40. The van der Waals surface area contributed by atoms with E-state index in [1.54, 1.807) is 14.2 Å². The molecule has 0 radical (unpaired) electrons. The third kappa shape index (κ3) is 3.50. The molecule has 150 valence electrons. The minimum atomic E-state index is -0.470. The van der Waals surface area contributed by atoms with Gasteiger partial charge in [-0.15, -0.1) is 0 Å². The summed E-state index contributed by atoms with van der Waals surface area (Å²) in [6, 6.07) is 9.97. The summed E-state index contributed by atoms with van der Waals surface area (Å²) in [5, 5.41) is 10.8. The number of benzene rings is 2. The van der Waals surface area contributed by atoms with Crippen LogP contribution in [-0.2, 0) is 12.8 Å². The smallest absolute Gasteiger partial charge is 0.231 e. The second-order valence-electron chi connectivity index (χ2n) is 7.40. The molecule has 0 saturated heterocycles. The molecule has 2 aliphatic heterocycles. The Kier molecular flexibility index (Phi) is 5.33. The molecule has 0 fully saturated rings. The normalized spacial score (nSPS) is 19.2. The molecule has 2 aliphatic rings. The zero-order chi connectivity index (χ0) is 19.7. The van der Waals surface area contributed by atoms with E-state index in [0.29, 0.717) is 18.6 Å². The maximum atomic E-state index is 10.8. The van der Waals surface area contributed by atoms with Crippen LogP contribution in [0.2, 0.25) is 0 Å². The van der Waals surface area contributed by atoms with E-state index in [1.165, 1.54) is 5.56 Å². The van der Waals surface area contributed by atoms with Gasteiger partial charge in [-0.25, -0.2) is 0 Å². The van der Waals surface area contributed by atoms with Crippen molar-refractivity contribution in [2.45, 2.75) is 31.4 Å². The van der Waals surface area contributed by atoms with Gasteiger partial charge >= 0.3 is 0 Å². The van der Waals surface area contributed by atoms with Gasteiger partial charge in [-0.1, -0.05) is 12.1 Å². The van der Waals surface area contributed by atoms with E-state index in [0.717, 1.165) is 41.3 Å². The summed E-state index contributed by atoms with van der Waals surface area (Å²) < 4.78 is 22.2. The maximum Gasteiger partial charge on any atom is 0.231 e. The van der Waals surface area contributed by atoms with Gasteiger partial charge in [0.05, 0.1) is 20.3 Å². The second kappa shape index (κ2) is 7.89. The largest absolute Gasteiger partial charge is 0.497 e. The molecule has 6 heteroatoms. The first-order valence-corrected chi connectivity index (χ1v) is 9.61. The lowest BCUT2D eigenvalue weighted by molar-refractivity contribution is 0.107. The van der Waals surface area contributed by atoms with Crippen molar-refractivity contribution in [3.8, 4) is 23.0 Å². The summed E-state index contributed by atoms with van der Waals surface area (Å²) in [4.78, 5) is 2.28. The first kappa shape index (κ1) is 18.9. The predicted molar refractivity (Wildman–Crippen MR) is 106 cm³/mol. The molecule has 0 amide bonds. The number of ether oxygens (including phenoxy) is 4. The van der Waals surface area contributed by atoms with Crippen LogP contribution in [-0.4, -0.2) is 50.7 Å². The number of aliphatic hydroxyl groups excluding tert-OH is 1. The van der Waals surface area contributed by atoms with E-state index in [4.69, 9.17) is 18.9 Å². The Balaban J connectivity index is 1.58. The van der Waals surface area contributed by atoms with Crippen LogP contribution >= 0.6 is 0 Å². The fraction of sp³-hybridized carbons (Fsp3) is 0.455. The Labute approximate surface area is 165 Å². The van der Waals surface area contributed by atoms with E-state index in [1.807, 2.05) is 24.3 Å². The summed E-state index contributed by atoms with van der Waals surface area (Å²) in [5.74, 6) is 2.97. The molecule has 0 unspecified atom stereocenters. The average molecular weight is 385 g/mol. The van der Waals surface area contributed by atoms with Crippen LogP contribution < -0.4 is 18.9 Å². The molecule has 2 aromatic carbocycles. The summed E-state index contributed by atoms with van der Waals surface area (Å²) >= 11 is 0. The molecule has 6 nitrogen and oxygen atoms in total. The van der Waals surface area contributed by atoms with Crippen molar-refractivity contribution >= 4 is 0 Å². The van der Waals surface area contributed by atoms with Crippen LogP contribution in [0.15, 0.2) is 30.3 Å². The van der Waals surface area contributed by atoms with Gasteiger partial charge in [0.25, 0.3) is 0 Å². The number of hydrogen-bond acceptors (Lipinski definition) is 6. The molecular weight excluding hydrogens is 358 g/mol. The lowest BCUT2D eigenvalue weighted by Crippen LogP contribution is -2.35. The third-order valence-electron chi connectivity index (χ3n) is 5.67. The zero-order valence-corrected chi connectivity index (χ0v) is 16.6. The number of fused-ring (bicyclic) bond motifs is 2. The zero-order valence-electron chi connectivity index (χ0n) is 16.6. The molecule has 2 atom stereocenters. The van der Waals surface area contributed by atoms with Gasteiger partial charge in [0, 0.05) is 18.2 Å². The van der Waals surface area contributed by atoms with Gasteiger partial charge < -0.3 is 24.1 Å². The second-order valence-corrected chi connectivity index (χ2v) is 7.40. The number of aliphatic hydroxyl groups is 1. The van der Waals surface area contributed by atoms with E-state index in [-0.39, 0.29) is 12.8 Å². The van der Waals surface area contributed by atoms with Crippen molar-refractivity contribution in [2.24, 2.45) is 0 Å². The highest BCUT2D eigenvalue weighted by atomic mass is 16.7. The highest BCUT2D eigenvalue weighted by molar-refractivity contribution is 5.61. The minimum Gasteiger partial charge on any atom is -0.497 e. The number of methoxy groups -OCH3 is 2. The summed E-state index contributed by atoms with van der Waals surface area (Å²) in [6.07, 6.45) is 1.66. The molecular formula is C22H27NO5. The SMILES string of the molecule is COc1ccc(C[C@H](O)C[C@H]2c3c(cc4c(c3OC)OCO4)CCN2C)cc1. The first-order chi connectivity index (χ1) is 13.6. The van der Waals surface area contributed by atoms with Crippen LogP contribution in [0.4, 0.5) is 0 Å². The highest BCUT2D eigenvalue weighted by Gasteiger charge is 2.34. The van der Waals surface area contributed by atoms with E-state index in [9.17, 15) is 5.11 Å². The van der Waals surface area contributed by atoms with E-state index >= 15 is 0 Å². The van der Waals surface area contributed by atoms with Crippen molar-refractivity contribution in [1.82, 2.24) is 4.90 Å². The van der Waals surface area contributed by atoms with Crippen LogP contribution in [0.3, 0.4) is 0 Å². The van der Waals surface area contributed by atoms with Crippen LogP contribution in [0.25, 0.3) is 0 Å². The fourth-order valence-electron chi connectivity index (χ4n) is 4.20. The Morgan fingerprint density at radius 1 is 1.18 bits per heavy atom. The van der Waals surface area contributed by atoms with Crippen molar-refractivity contribution in [1.29, 1.82) is 0 Å². The Bertz CT molecular complexity index is 836. The number of rotatable bonds is 6. The molecule has 0 aliphatic carbocycles. The summed E-state index contributed by atoms with van der Waals surface area (Å²) in [7, 11) is 5.41. The Morgan fingerprint density at radius 3 is 2.68 bits per heavy atom. The van der Waals surface area contributed by atoms with E-state index < -0.39 is 6.10 Å². The summed E-state index contributed by atoms with van der Waals surface area (Å²) in [6.45, 7) is 1.14. The molecule has 0 saturated carbocycles. The van der Waals surface area contributed by atoms with Crippen molar-refractivity contribution in [2.75, 3.05) is 34.6 Å². The molecule has 0 aromatic heterocycles. The van der Waals surface area contributed by atoms with Gasteiger partial charge in [0.1, 0.15) is 5.75 Å². The molecule has 1 N–H and O–H groups in total. The van der Waals surface area contributed by atoms with Gasteiger partial charge in [-0.05, 0) is 55.6 Å². The minimum absolute atomic E-state index is 0.0569. The molecule has 2 heterocycles. The topological polar surface area (TPSA) is 60.4 Å². The molecule has 0 spiro atoms.